The molecule has 168 valence electrons. The smallest absolute Gasteiger partial charge is 0.408 e. The Morgan fingerprint density at radius 1 is 0.939 bits per heavy atom. The quantitative estimate of drug-likeness (QED) is 0.316. The fraction of sp³-hybridized carbons (Fsp3) is 0.154. The second kappa shape index (κ2) is 11.2. The van der Waals surface area contributed by atoms with Crippen molar-refractivity contribution in [1.82, 2.24) is 10.3 Å². The number of amides is 1. The topological polar surface area (TPSA) is 72.5 Å². The second-order valence-corrected chi connectivity index (χ2v) is 8.24. The average Bonchev–Trinajstić information content (AvgIpc) is 3.32. The molecule has 4 rings (SSSR count). The molecule has 7 heteroatoms. The Hall–Kier alpha value is -3.84. The van der Waals surface area contributed by atoms with Crippen LogP contribution in [0.3, 0.4) is 0 Å². The first-order valence-electron chi connectivity index (χ1n) is 10.6. The number of thiazole rings is 1. The van der Waals surface area contributed by atoms with Gasteiger partial charge in [-0.15, -0.1) is 11.3 Å². The van der Waals surface area contributed by atoms with Gasteiger partial charge in [0.05, 0.1) is 18.8 Å². The van der Waals surface area contributed by atoms with Gasteiger partial charge >= 0.3 is 6.09 Å². The highest BCUT2D eigenvalue weighted by atomic mass is 32.1. The van der Waals surface area contributed by atoms with Gasteiger partial charge in [0.2, 0.25) is 0 Å². The second-order valence-electron chi connectivity index (χ2n) is 7.38. The molecule has 0 aliphatic heterocycles. The maximum absolute atomic E-state index is 12.6. The van der Waals surface area contributed by atoms with E-state index in [0.717, 1.165) is 33.4 Å². The van der Waals surface area contributed by atoms with Crippen LogP contribution in [0.1, 0.15) is 22.9 Å². The first-order valence-corrected chi connectivity index (χ1v) is 11.5. The van der Waals surface area contributed by atoms with Crippen LogP contribution in [0.5, 0.6) is 5.75 Å². The van der Waals surface area contributed by atoms with Gasteiger partial charge in [0, 0.05) is 11.1 Å². The van der Waals surface area contributed by atoms with Crippen LogP contribution in [-0.2, 0) is 17.8 Å². The molecule has 0 radical (unpaired) electrons. The highest BCUT2D eigenvalue weighted by molar-refractivity contribution is 7.13. The molecule has 2 N–H and O–H groups in total. The van der Waals surface area contributed by atoms with E-state index in [0.29, 0.717) is 6.42 Å². The Balaban J connectivity index is 1.45. The van der Waals surface area contributed by atoms with E-state index in [-0.39, 0.29) is 12.6 Å². The largest absolute Gasteiger partial charge is 0.497 e. The molecule has 1 heterocycles. The molecule has 0 saturated heterocycles. The lowest BCUT2D eigenvalue weighted by atomic mass is 10.0. The van der Waals surface area contributed by atoms with Crippen LogP contribution in [0.25, 0.3) is 0 Å². The first kappa shape index (κ1) is 22.4. The summed E-state index contributed by atoms with van der Waals surface area (Å²) >= 11 is 1.48. The van der Waals surface area contributed by atoms with E-state index in [1.54, 1.807) is 7.11 Å². The summed E-state index contributed by atoms with van der Waals surface area (Å²) in [7, 11) is 1.64. The molecular formula is C26H25N3O3S. The Morgan fingerprint density at radius 2 is 1.61 bits per heavy atom. The molecule has 4 aromatic rings. The van der Waals surface area contributed by atoms with Crippen LogP contribution in [0.15, 0.2) is 90.3 Å². The molecule has 1 aromatic heterocycles. The SMILES string of the molecule is COc1ccc(Nc2nc([C@@H](Cc3ccccc3)NC(=O)OCc3ccccc3)cs2)cc1. The number of nitrogens with zero attached hydrogens (tertiary/aromatic N) is 1. The van der Waals surface area contributed by atoms with Gasteiger partial charge < -0.3 is 20.1 Å². The molecule has 6 nitrogen and oxygen atoms in total. The van der Waals surface area contributed by atoms with Crippen molar-refractivity contribution in [2.45, 2.75) is 19.1 Å². The van der Waals surface area contributed by atoms with E-state index < -0.39 is 6.09 Å². The number of benzene rings is 3. The summed E-state index contributed by atoms with van der Waals surface area (Å²) in [5, 5.41) is 8.98. The number of aromatic nitrogens is 1. The van der Waals surface area contributed by atoms with Gasteiger partial charge in [0.1, 0.15) is 12.4 Å². The number of carbonyl (C=O) groups is 1. The van der Waals surface area contributed by atoms with Crippen LogP contribution in [0, 0.1) is 0 Å². The van der Waals surface area contributed by atoms with Crippen molar-refractivity contribution in [3.63, 3.8) is 0 Å². The highest BCUT2D eigenvalue weighted by Crippen LogP contribution is 2.27. The van der Waals surface area contributed by atoms with Crippen molar-refractivity contribution < 1.29 is 14.3 Å². The number of nitrogens with one attached hydrogen (secondary N) is 2. The van der Waals surface area contributed by atoms with Crippen molar-refractivity contribution in [2.75, 3.05) is 12.4 Å². The van der Waals surface area contributed by atoms with E-state index in [4.69, 9.17) is 14.5 Å². The lowest BCUT2D eigenvalue weighted by molar-refractivity contribution is 0.135. The predicted octanol–water partition coefficient (Wildman–Crippen LogP) is 6.11. The van der Waals surface area contributed by atoms with Crippen molar-refractivity contribution in [3.05, 3.63) is 107 Å². The summed E-state index contributed by atoms with van der Waals surface area (Å²) in [6, 6.07) is 26.9. The molecular weight excluding hydrogens is 434 g/mol. The van der Waals surface area contributed by atoms with Crippen molar-refractivity contribution in [1.29, 1.82) is 0 Å². The van der Waals surface area contributed by atoms with Crippen LogP contribution >= 0.6 is 11.3 Å². The number of carbonyl (C=O) groups excluding carboxylic acids is 1. The number of alkyl carbamates (subject to hydrolysis) is 1. The number of methoxy groups -OCH3 is 1. The van der Waals surface area contributed by atoms with Gasteiger partial charge in [-0.05, 0) is 41.8 Å². The van der Waals surface area contributed by atoms with Crippen molar-refractivity contribution >= 4 is 28.2 Å². The Bertz CT molecular complexity index is 1150. The summed E-state index contributed by atoms with van der Waals surface area (Å²) in [4.78, 5) is 17.3. The number of hydrogen-bond donors (Lipinski definition) is 2. The molecule has 1 amide bonds. The predicted molar refractivity (Wildman–Crippen MR) is 131 cm³/mol. The number of anilines is 2. The first-order chi connectivity index (χ1) is 16.2. The monoisotopic (exact) mass is 459 g/mol. The van der Waals surface area contributed by atoms with E-state index in [1.165, 1.54) is 11.3 Å². The maximum Gasteiger partial charge on any atom is 0.408 e. The van der Waals surface area contributed by atoms with Crippen LogP contribution in [-0.4, -0.2) is 18.2 Å². The third kappa shape index (κ3) is 6.57. The number of rotatable bonds is 9. The summed E-state index contributed by atoms with van der Waals surface area (Å²) < 4.78 is 10.6. The molecule has 0 spiro atoms. The van der Waals surface area contributed by atoms with Crippen molar-refractivity contribution in [2.24, 2.45) is 0 Å². The van der Waals surface area contributed by atoms with Gasteiger partial charge in [0.15, 0.2) is 5.13 Å². The molecule has 3 aromatic carbocycles. The maximum atomic E-state index is 12.6. The van der Waals surface area contributed by atoms with Gasteiger partial charge in [-0.25, -0.2) is 9.78 Å². The molecule has 0 saturated carbocycles. The van der Waals surface area contributed by atoms with Gasteiger partial charge in [-0.1, -0.05) is 60.7 Å². The Kier molecular flexibility index (Phi) is 7.56. The zero-order chi connectivity index (χ0) is 22.9. The summed E-state index contributed by atoms with van der Waals surface area (Å²) in [6.07, 6.45) is 0.130. The molecule has 33 heavy (non-hydrogen) atoms. The third-order valence-electron chi connectivity index (χ3n) is 5.01. The van der Waals surface area contributed by atoms with Gasteiger partial charge in [-0.2, -0.15) is 0 Å². The van der Waals surface area contributed by atoms with Crippen LogP contribution in [0.2, 0.25) is 0 Å². The molecule has 0 bridgehead atoms. The molecule has 0 aliphatic carbocycles. The van der Waals surface area contributed by atoms with Crippen LogP contribution < -0.4 is 15.4 Å². The zero-order valence-electron chi connectivity index (χ0n) is 18.2. The number of ether oxygens (including phenoxy) is 2. The van der Waals surface area contributed by atoms with Gasteiger partial charge in [-0.3, -0.25) is 0 Å². The Labute approximate surface area is 197 Å². The highest BCUT2D eigenvalue weighted by Gasteiger charge is 2.19. The van der Waals surface area contributed by atoms with E-state index in [1.807, 2.05) is 90.3 Å². The minimum Gasteiger partial charge on any atom is -0.497 e. The van der Waals surface area contributed by atoms with Gasteiger partial charge in [0.25, 0.3) is 0 Å². The molecule has 0 aliphatic rings. The lowest BCUT2D eigenvalue weighted by Gasteiger charge is -2.17. The van der Waals surface area contributed by atoms with Crippen LogP contribution in [0.4, 0.5) is 15.6 Å². The van der Waals surface area contributed by atoms with E-state index in [9.17, 15) is 4.79 Å². The Morgan fingerprint density at radius 3 is 2.27 bits per heavy atom. The zero-order valence-corrected chi connectivity index (χ0v) is 19.0. The van der Waals surface area contributed by atoms with Crippen molar-refractivity contribution in [3.8, 4) is 5.75 Å². The molecule has 1 atom stereocenters. The third-order valence-corrected chi connectivity index (χ3v) is 5.78. The minimum absolute atomic E-state index is 0.214. The molecule has 0 fully saturated rings. The summed E-state index contributed by atoms with van der Waals surface area (Å²) in [5.74, 6) is 0.793. The van der Waals surface area contributed by atoms with E-state index >= 15 is 0 Å². The minimum atomic E-state index is -0.475. The fourth-order valence-corrected chi connectivity index (χ4v) is 4.07. The molecule has 0 unspecified atom stereocenters. The van der Waals surface area contributed by atoms with E-state index in [2.05, 4.69) is 10.6 Å². The summed E-state index contributed by atoms with van der Waals surface area (Å²) in [6.45, 7) is 0.214. The lowest BCUT2D eigenvalue weighted by Crippen LogP contribution is -2.30. The average molecular weight is 460 g/mol. The summed E-state index contributed by atoms with van der Waals surface area (Å²) in [5.41, 5.74) is 3.72. The number of hydrogen-bond acceptors (Lipinski definition) is 6. The fourth-order valence-electron chi connectivity index (χ4n) is 3.29. The normalized spacial score (nSPS) is 11.4. The standard InChI is InChI=1S/C26H25N3O3S/c1-31-22-14-12-21(13-15-22)27-25-28-24(18-33-25)23(16-19-8-4-2-5-9-19)29-26(30)32-17-20-10-6-3-7-11-20/h2-15,18,23H,16-17H2,1H3,(H,27,28)(H,29,30)/t23-/m1/s1.